The molecule has 2 aromatic heterocycles. The third-order valence-electron chi connectivity index (χ3n) is 4.01. The molecule has 0 aliphatic heterocycles. The van der Waals surface area contributed by atoms with Crippen LogP contribution in [0.5, 0.6) is 0 Å². The zero-order valence-corrected chi connectivity index (χ0v) is 15.5. The van der Waals surface area contributed by atoms with E-state index in [1.807, 2.05) is 23.6 Å². The first-order valence-electron chi connectivity index (χ1n) is 7.84. The predicted octanol–water partition coefficient (Wildman–Crippen LogP) is 3.15. The van der Waals surface area contributed by atoms with Gasteiger partial charge in [0.2, 0.25) is 5.91 Å². The molecule has 132 valence electrons. The first-order valence-corrected chi connectivity index (χ1v) is 9.10. The Morgan fingerprint density at radius 2 is 2.12 bits per heavy atom. The second-order valence-electron chi connectivity index (χ2n) is 5.74. The van der Waals surface area contributed by atoms with Gasteiger partial charge in [0.25, 0.3) is 5.56 Å². The number of hydrogen-bond acceptors (Lipinski definition) is 5. The van der Waals surface area contributed by atoms with Gasteiger partial charge in [-0.1, -0.05) is 23.7 Å². The van der Waals surface area contributed by atoms with Gasteiger partial charge in [-0.05, 0) is 17.7 Å². The van der Waals surface area contributed by atoms with Crippen LogP contribution in [0.3, 0.4) is 0 Å². The number of benzene rings is 1. The standard InChI is InChI=1S/C18H15ClN4O2S/c1-22(8-2-7-20)15(24)9-23-11-21-17-16(18(23)25)14(10-26-17)12-3-5-13(19)6-4-12/h3-6,10-11H,2,8-9H2,1H3. The fraction of sp³-hybridized carbons (Fsp3) is 0.222. The van der Waals surface area contributed by atoms with Crippen LogP contribution in [0.25, 0.3) is 21.3 Å². The molecule has 0 radical (unpaired) electrons. The Morgan fingerprint density at radius 3 is 2.81 bits per heavy atom. The van der Waals surface area contributed by atoms with E-state index in [0.29, 0.717) is 21.8 Å². The smallest absolute Gasteiger partial charge is 0.263 e. The second kappa shape index (κ2) is 7.68. The lowest BCUT2D eigenvalue weighted by Crippen LogP contribution is -2.34. The van der Waals surface area contributed by atoms with E-state index in [2.05, 4.69) is 4.98 Å². The minimum Gasteiger partial charge on any atom is -0.343 e. The van der Waals surface area contributed by atoms with Crippen molar-refractivity contribution >= 4 is 39.1 Å². The monoisotopic (exact) mass is 386 g/mol. The molecule has 8 heteroatoms. The molecule has 1 amide bonds. The first kappa shape index (κ1) is 18.1. The summed E-state index contributed by atoms with van der Waals surface area (Å²) in [5.41, 5.74) is 1.39. The molecule has 0 aliphatic carbocycles. The zero-order chi connectivity index (χ0) is 18.7. The van der Waals surface area contributed by atoms with Crippen molar-refractivity contribution in [2.75, 3.05) is 13.6 Å². The molecule has 0 spiro atoms. The minimum atomic E-state index is -0.261. The molecule has 26 heavy (non-hydrogen) atoms. The Kier molecular flexibility index (Phi) is 5.35. The first-order chi connectivity index (χ1) is 12.5. The topological polar surface area (TPSA) is 79.0 Å². The maximum atomic E-state index is 12.9. The van der Waals surface area contributed by atoms with Crippen molar-refractivity contribution in [2.24, 2.45) is 0 Å². The lowest BCUT2D eigenvalue weighted by atomic mass is 10.1. The van der Waals surface area contributed by atoms with E-state index in [1.54, 1.807) is 19.2 Å². The number of rotatable bonds is 5. The molecule has 3 aromatic rings. The SMILES string of the molecule is CN(CCC#N)C(=O)Cn1cnc2scc(-c3ccc(Cl)cc3)c2c1=O. The molecular formula is C18H15ClN4O2S. The van der Waals surface area contributed by atoms with Crippen LogP contribution in [0.1, 0.15) is 6.42 Å². The fourth-order valence-electron chi connectivity index (χ4n) is 2.53. The van der Waals surface area contributed by atoms with Gasteiger partial charge in [-0.25, -0.2) is 4.98 Å². The summed E-state index contributed by atoms with van der Waals surface area (Å²) < 4.78 is 1.31. The predicted molar refractivity (Wildman–Crippen MR) is 102 cm³/mol. The van der Waals surface area contributed by atoms with E-state index in [4.69, 9.17) is 16.9 Å². The van der Waals surface area contributed by atoms with Crippen molar-refractivity contribution in [3.63, 3.8) is 0 Å². The summed E-state index contributed by atoms with van der Waals surface area (Å²) in [7, 11) is 1.61. The molecule has 2 heterocycles. The molecule has 3 rings (SSSR count). The maximum absolute atomic E-state index is 12.9. The highest BCUT2D eigenvalue weighted by Gasteiger charge is 2.16. The van der Waals surface area contributed by atoms with Crippen LogP contribution >= 0.6 is 22.9 Å². The molecule has 6 nitrogen and oxygen atoms in total. The lowest BCUT2D eigenvalue weighted by Gasteiger charge is -2.16. The van der Waals surface area contributed by atoms with E-state index in [-0.39, 0.29) is 24.4 Å². The minimum absolute atomic E-state index is 0.112. The summed E-state index contributed by atoms with van der Waals surface area (Å²) in [5.74, 6) is -0.244. The number of nitriles is 1. The molecule has 0 unspecified atom stereocenters. The molecule has 0 saturated heterocycles. The third-order valence-corrected chi connectivity index (χ3v) is 5.14. The van der Waals surface area contributed by atoms with Crippen LogP contribution in [-0.4, -0.2) is 34.0 Å². The summed E-state index contributed by atoms with van der Waals surface area (Å²) in [6.07, 6.45) is 1.64. The molecule has 0 atom stereocenters. The summed E-state index contributed by atoms with van der Waals surface area (Å²) >= 11 is 7.32. The van der Waals surface area contributed by atoms with E-state index < -0.39 is 0 Å². The highest BCUT2D eigenvalue weighted by molar-refractivity contribution is 7.17. The average Bonchev–Trinajstić information content (AvgIpc) is 3.07. The number of halogens is 1. The van der Waals surface area contributed by atoms with Gasteiger partial charge in [0.05, 0.1) is 24.2 Å². The van der Waals surface area contributed by atoms with Gasteiger partial charge in [-0.2, -0.15) is 5.26 Å². The van der Waals surface area contributed by atoms with Crippen molar-refractivity contribution in [2.45, 2.75) is 13.0 Å². The highest BCUT2D eigenvalue weighted by atomic mass is 35.5. The van der Waals surface area contributed by atoms with Gasteiger partial charge in [-0.15, -0.1) is 11.3 Å². The van der Waals surface area contributed by atoms with Crippen LogP contribution in [0.2, 0.25) is 5.02 Å². The van der Waals surface area contributed by atoms with Gasteiger partial charge in [-0.3, -0.25) is 14.2 Å². The summed E-state index contributed by atoms with van der Waals surface area (Å²) in [5, 5.41) is 11.6. The van der Waals surface area contributed by atoms with Crippen molar-refractivity contribution < 1.29 is 4.79 Å². The summed E-state index contributed by atoms with van der Waals surface area (Å²) in [6.45, 7) is 0.216. The Bertz CT molecular complexity index is 1050. The van der Waals surface area contributed by atoms with Crippen LogP contribution in [0, 0.1) is 11.3 Å². The normalized spacial score (nSPS) is 10.7. The van der Waals surface area contributed by atoms with E-state index >= 15 is 0 Å². The Labute approximate surface area is 158 Å². The quantitative estimate of drug-likeness (QED) is 0.674. The maximum Gasteiger partial charge on any atom is 0.263 e. The number of nitrogens with zero attached hydrogens (tertiary/aromatic N) is 4. The molecule has 0 N–H and O–H groups in total. The van der Waals surface area contributed by atoms with Crippen LogP contribution in [0.15, 0.2) is 40.8 Å². The number of carbonyl (C=O) groups is 1. The van der Waals surface area contributed by atoms with Crippen molar-refractivity contribution in [1.82, 2.24) is 14.5 Å². The zero-order valence-electron chi connectivity index (χ0n) is 14.0. The van der Waals surface area contributed by atoms with Gasteiger partial charge in [0, 0.05) is 29.6 Å². The van der Waals surface area contributed by atoms with Gasteiger partial charge >= 0.3 is 0 Å². The molecule has 0 aliphatic rings. The Hall–Kier alpha value is -2.69. The number of amides is 1. The Morgan fingerprint density at radius 1 is 1.38 bits per heavy atom. The molecule has 1 aromatic carbocycles. The number of hydrogen-bond donors (Lipinski definition) is 0. The largest absolute Gasteiger partial charge is 0.343 e. The summed E-state index contributed by atoms with van der Waals surface area (Å²) in [4.78, 5) is 31.5. The van der Waals surface area contributed by atoms with Gasteiger partial charge in [0.15, 0.2) is 0 Å². The number of carbonyl (C=O) groups excluding carboxylic acids is 1. The van der Waals surface area contributed by atoms with Crippen LogP contribution < -0.4 is 5.56 Å². The number of aromatic nitrogens is 2. The number of likely N-dealkylation sites (N-methyl/N-ethyl adjacent to an activating group) is 1. The van der Waals surface area contributed by atoms with E-state index in [0.717, 1.165) is 11.1 Å². The number of thiophene rings is 1. The number of fused-ring (bicyclic) bond motifs is 1. The molecule has 0 fully saturated rings. The van der Waals surface area contributed by atoms with Gasteiger partial charge < -0.3 is 4.90 Å². The van der Waals surface area contributed by atoms with E-state index in [9.17, 15) is 9.59 Å². The van der Waals surface area contributed by atoms with E-state index in [1.165, 1.54) is 27.1 Å². The highest BCUT2D eigenvalue weighted by Crippen LogP contribution is 2.31. The van der Waals surface area contributed by atoms with Crippen LogP contribution in [0.4, 0.5) is 0 Å². The second-order valence-corrected chi connectivity index (χ2v) is 7.03. The van der Waals surface area contributed by atoms with Gasteiger partial charge in [0.1, 0.15) is 11.4 Å². The molecular weight excluding hydrogens is 372 g/mol. The Balaban J connectivity index is 1.97. The summed E-state index contributed by atoms with van der Waals surface area (Å²) in [6, 6.07) is 9.23. The lowest BCUT2D eigenvalue weighted by molar-refractivity contribution is -0.130. The fourth-order valence-corrected chi connectivity index (χ4v) is 3.56. The van der Waals surface area contributed by atoms with Crippen molar-refractivity contribution in [3.8, 4) is 17.2 Å². The van der Waals surface area contributed by atoms with Crippen LogP contribution in [-0.2, 0) is 11.3 Å². The third kappa shape index (κ3) is 3.62. The average molecular weight is 387 g/mol. The van der Waals surface area contributed by atoms with Crippen molar-refractivity contribution in [3.05, 3.63) is 51.3 Å². The van der Waals surface area contributed by atoms with Crippen molar-refractivity contribution in [1.29, 1.82) is 5.26 Å². The molecule has 0 bridgehead atoms. The molecule has 0 saturated carbocycles.